The number of tetrazole rings is 1. The van der Waals surface area contributed by atoms with Gasteiger partial charge in [-0.15, -0.1) is 5.10 Å². The molecule has 36 heavy (non-hydrogen) atoms. The Morgan fingerprint density at radius 3 is 2.86 bits per heavy atom. The Morgan fingerprint density at radius 1 is 1.19 bits per heavy atom. The van der Waals surface area contributed by atoms with Crippen LogP contribution in [0.25, 0.3) is 5.69 Å². The maximum atomic E-state index is 14.0. The summed E-state index contributed by atoms with van der Waals surface area (Å²) in [4.78, 5) is 17.9. The van der Waals surface area contributed by atoms with Gasteiger partial charge in [-0.1, -0.05) is 12.1 Å². The number of carbonyl (C=O) groups excluding carboxylic acids is 1. The van der Waals surface area contributed by atoms with Gasteiger partial charge >= 0.3 is 0 Å². The number of halogens is 1. The summed E-state index contributed by atoms with van der Waals surface area (Å²) in [6, 6.07) is 11.2. The van der Waals surface area contributed by atoms with Gasteiger partial charge in [0.15, 0.2) is 0 Å². The molecule has 1 aliphatic carbocycles. The van der Waals surface area contributed by atoms with E-state index in [0.29, 0.717) is 31.8 Å². The van der Waals surface area contributed by atoms with E-state index in [9.17, 15) is 14.4 Å². The molecule has 3 aliphatic rings. The molecule has 9 nitrogen and oxygen atoms in total. The average Bonchev–Trinajstić information content (AvgIpc) is 3.58. The van der Waals surface area contributed by atoms with Crippen molar-refractivity contribution < 1.29 is 13.9 Å². The van der Waals surface area contributed by atoms with Crippen molar-refractivity contribution in [2.45, 2.75) is 37.8 Å². The van der Waals surface area contributed by atoms with Gasteiger partial charge in [-0.05, 0) is 70.6 Å². The van der Waals surface area contributed by atoms with Gasteiger partial charge in [-0.25, -0.2) is 9.07 Å². The van der Waals surface area contributed by atoms with E-state index in [1.54, 1.807) is 24.0 Å². The number of hydrogen-bond acceptors (Lipinski definition) is 7. The van der Waals surface area contributed by atoms with Crippen LogP contribution in [0.3, 0.4) is 0 Å². The number of morpholine rings is 1. The van der Waals surface area contributed by atoms with Gasteiger partial charge in [-0.3, -0.25) is 9.69 Å². The Morgan fingerprint density at radius 2 is 2.06 bits per heavy atom. The van der Waals surface area contributed by atoms with Crippen molar-refractivity contribution in [3.05, 3.63) is 70.3 Å². The standard InChI is InChI=1S/C26H26FN7O2/c1-16-20(6-7-24(27)23(16)11-28)25-13-32-8-9-33(12-19(32)14-36-25)26(35)22-4-2-17-10-18(3-5-21(17)22)34-15-29-30-31-34/h3,5-7,10,15,19,22,25H,2,4,8-9,12-14H2,1H3. The normalized spacial score (nSPS) is 23.7. The largest absolute Gasteiger partial charge is 0.370 e. The molecule has 184 valence electrons. The molecule has 2 saturated heterocycles. The number of nitrogens with zero attached hydrogens (tertiary/aromatic N) is 7. The van der Waals surface area contributed by atoms with Crippen LogP contribution in [-0.4, -0.2) is 74.7 Å². The average molecular weight is 488 g/mol. The zero-order valence-electron chi connectivity index (χ0n) is 20.0. The molecule has 0 N–H and O–H groups in total. The van der Waals surface area contributed by atoms with Gasteiger partial charge in [0.1, 0.15) is 18.2 Å². The summed E-state index contributed by atoms with van der Waals surface area (Å²) in [6.45, 7) is 4.99. The highest BCUT2D eigenvalue weighted by Crippen LogP contribution is 2.37. The van der Waals surface area contributed by atoms with Crippen LogP contribution in [0, 0.1) is 24.1 Å². The van der Waals surface area contributed by atoms with E-state index in [1.807, 2.05) is 23.1 Å². The summed E-state index contributed by atoms with van der Waals surface area (Å²) >= 11 is 0. The molecule has 3 aromatic rings. The summed E-state index contributed by atoms with van der Waals surface area (Å²) in [5.41, 5.74) is 4.74. The van der Waals surface area contributed by atoms with Gasteiger partial charge < -0.3 is 9.64 Å². The number of aryl methyl sites for hydroxylation is 1. The minimum absolute atomic E-state index is 0.0792. The van der Waals surface area contributed by atoms with Crippen molar-refractivity contribution in [3.63, 3.8) is 0 Å². The first-order chi connectivity index (χ1) is 17.5. The molecule has 10 heteroatoms. The highest BCUT2D eigenvalue weighted by molar-refractivity contribution is 5.85. The Bertz CT molecular complexity index is 1350. The molecule has 2 aromatic carbocycles. The van der Waals surface area contributed by atoms with Crippen LogP contribution in [-0.2, 0) is 16.0 Å². The second-order valence-corrected chi connectivity index (χ2v) is 9.73. The lowest BCUT2D eigenvalue weighted by Crippen LogP contribution is -2.60. The number of rotatable bonds is 3. The number of fused-ring (bicyclic) bond motifs is 2. The van der Waals surface area contributed by atoms with E-state index in [4.69, 9.17) is 4.74 Å². The minimum atomic E-state index is -0.500. The van der Waals surface area contributed by atoms with Crippen LogP contribution in [0.5, 0.6) is 0 Å². The highest BCUT2D eigenvalue weighted by Gasteiger charge is 2.39. The van der Waals surface area contributed by atoms with Crippen LogP contribution < -0.4 is 0 Å². The van der Waals surface area contributed by atoms with Crippen LogP contribution in [0.2, 0.25) is 0 Å². The molecular formula is C26H26FN7O2. The quantitative estimate of drug-likeness (QED) is 0.559. The molecule has 2 aliphatic heterocycles. The molecule has 1 aromatic heterocycles. The summed E-state index contributed by atoms with van der Waals surface area (Å²) in [5.74, 6) is -0.448. The SMILES string of the molecule is Cc1c(C2CN3CCN(C(=O)C4CCc5cc(-n6cnnn6)ccc54)CC3CO2)ccc(F)c1C#N. The van der Waals surface area contributed by atoms with E-state index >= 15 is 0 Å². The lowest BCUT2D eigenvalue weighted by molar-refractivity contribution is -0.141. The summed E-state index contributed by atoms with van der Waals surface area (Å²) in [5, 5.41) is 20.7. The lowest BCUT2D eigenvalue weighted by atomic mass is 9.95. The minimum Gasteiger partial charge on any atom is -0.370 e. The summed E-state index contributed by atoms with van der Waals surface area (Å²) < 4.78 is 21.8. The van der Waals surface area contributed by atoms with E-state index in [1.165, 1.54) is 11.6 Å². The van der Waals surface area contributed by atoms with Crippen LogP contribution >= 0.6 is 0 Å². The second-order valence-electron chi connectivity index (χ2n) is 9.73. The predicted molar refractivity (Wildman–Crippen MR) is 127 cm³/mol. The lowest BCUT2D eigenvalue weighted by Gasteiger charge is -2.46. The zero-order chi connectivity index (χ0) is 24.8. The fourth-order valence-corrected chi connectivity index (χ4v) is 5.86. The van der Waals surface area contributed by atoms with Crippen molar-refractivity contribution in [1.29, 1.82) is 5.26 Å². The van der Waals surface area contributed by atoms with Gasteiger partial charge in [0, 0.05) is 26.2 Å². The number of aromatic nitrogens is 4. The number of carbonyl (C=O) groups is 1. The van der Waals surface area contributed by atoms with Crippen LogP contribution in [0.1, 0.15) is 46.3 Å². The molecule has 3 atom stereocenters. The second kappa shape index (κ2) is 9.08. The fraction of sp³-hybridized carbons (Fsp3) is 0.423. The number of nitriles is 1. The molecule has 1 amide bonds. The summed E-state index contributed by atoms with van der Waals surface area (Å²) in [6.07, 6.45) is 3.02. The fourth-order valence-electron chi connectivity index (χ4n) is 5.86. The smallest absolute Gasteiger partial charge is 0.230 e. The Labute approximate surface area is 208 Å². The number of ether oxygens (including phenoxy) is 1. The van der Waals surface area contributed by atoms with Crippen LogP contribution in [0.15, 0.2) is 36.7 Å². The van der Waals surface area contributed by atoms with Gasteiger partial charge in [0.2, 0.25) is 5.91 Å². The first-order valence-electron chi connectivity index (χ1n) is 12.2. The third kappa shape index (κ3) is 3.85. The Kier molecular flexibility index (Phi) is 5.74. The predicted octanol–water partition coefficient (Wildman–Crippen LogP) is 2.30. The van der Waals surface area contributed by atoms with Crippen molar-refractivity contribution in [3.8, 4) is 11.8 Å². The molecule has 0 spiro atoms. The maximum absolute atomic E-state index is 14.0. The third-order valence-electron chi connectivity index (χ3n) is 7.84. The Balaban J connectivity index is 1.12. The van der Waals surface area contributed by atoms with E-state index < -0.39 is 5.82 Å². The number of hydrogen-bond donors (Lipinski definition) is 0. The molecule has 2 fully saturated rings. The molecular weight excluding hydrogens is 461 g/mol. The number of amides is 1. The van der Waals surface area contributed by atoms with E-state index in [0.717, 1.165) is 36.2 Å². The molecule has 0 saturated carbocycles. The summed E-state index contributed by atoms with van der Waals surface area (Å²) in [7, 11) is 0. The van der Waals surface area contributed by atoms with Crippen molar-refractivity contribution in [2.24, 2.45) is 0 Å². The maximum Gasteiger partial charge on any atom is 0.230 e. The third-order valence-corrected chi connectivity index (χ3v) is 7.84. The molecule has 3 unspecified atom stereocenters. The van der Waals surface area contributed by atoms with Crippen molar-refractivity contribution in [2.75, 3.05) is 32.8 Å². The zero-order valence-corrected chi connectivity index (χ0v) is 20.0. The first-order valence-corrected chi connectivity index (χ1v) is 12.2. The molecule has 0 bridgehead atoms. The van der Waals surface area contributed by atoms with Crippen molar-refractivity contribution >= 4 is 5.91 Å². The number of benzene rings is 2. The van der Waals surface area contributed by atoms with E-state index in [2.05, 4.69) is 26.5 Å². The van der Waals surface area contributed by atoms with Gasteiger partial charge in [-0.2, -0.15) is 5.26 Å². The topological polar surface area (TPSA) is 100 Å². The van der Waals surface area contributed by atoms with Crippen molar-refractivity contribution in [1.82, 2.24) is 30.0 Å². The Hall–Kier alpha value is -3.68. The van der Waals surface area contributed by atoms with E-state index in [-0.39, 0.29) is 29.5 Å². The molecule has 0 radical (unpaired) electrons. The van der Waals surface area contributed by atoms with Gasteiger partial charge in [0.05, 0.1) is 35.9 Å². The first kappa shape index (κ1) is 22.8. The number of piperazine rings is 1. The van der Waals surface area contributed by atoms with Gasteiger partial charge in [0.25, 0.3) is 0 Å². The molecule has 6 rings (SSSR count). The molecule has 3 heterocycles. The highest BCUT2D eigenvalue weighted by atomic mass is 19.1. The monoisotopic (exact) mass is 487 g/mol. The van der Waals surface area contributed by atoms with Crippen LogP contribution in [0.4, 0.5) is 4.39 Å².